The summed E-state index contributed by atoms with van der Waals surface area (Å²) in [7, 11) is -3.71. The van der Waals surface area contributed by atoms with Gasteiger partial charge in [0.2, 0.25) is 10.0 Å². The molecule has 8 nitrogen and oxygen atoms in total. The summed E-state index contributed by atoms with van der Waals surface area (Å²) in [6, 6.07) is 5.36. The number of hydrogen-bond donors (Lipinski definition) is 3. The van der Waals surface area contributed by atoms with Crippen LogP contribution in [0.2, 0.25) is 0 Å². The molecule has 3 N–H and O–H groups in total. The molecule has 26 heavy (non-hydrogen) atoms. The Morgan fingerprint density at radius 2 is 1.65 bits per heavy atom. The monoisotopic (exact) mass is 384 g/mol. The number of nitrogens with one attached hydrogen (secondary N) is 2. The summed E-state index contributed by atoms with van der Waals surface area (Å²) in [4.78, 5) is 24.1. The van der Waals surface area contributed by atoms with Crippen LogP contribution in [-0.2, 0) is 19.6 Å². The molecule has 1 aliphatic rings. The third-order valence-corrected chi connectivity index (χ3v) is 5.75. The van der Waals surface area contributed by atoms with Crippen LogP contribution in [0.3, 0.4) is 0 Å². The van der Waals surface area contributed by atoms with Crippen molar-refractivity contribution >= 4 is 21.9 Å². The zero-order valence-electron chi connectivity index (χ0n) is 15.0. The Hall–Kier alpha value is -1.97. The van der Waals surface area contributed by atoms with E-state index < -0.39 is 33.0 Å². The van der Waals surface area contributed by atoms with Crippen LogP contribution < -0.4 is 10.0 Å². The fraction of sp³-hybridized carbons (Fsp3) is 0.529. The molecule has 1 amide bonds. The van der Waals surface area contributed by atoms with Gasteiger partial charge < -0.3 is 15.2 Å². The molecule has 0 unspecified atom stereocenters. The second-order valence-corrected chi connectivity index (χ2v) is 9.02. The molecule has 9 heteroatoms. The Labute approximate surface area is 153 Å². The molecule has 0 saturated carbocycles. The van der Waals surface area contributed by atoms with Gasteiger partial charge in [0.05, 0.1) is 4.90 Å². The van der Waals surface area contributed by atoms with Crippen molar-refractivity contribution in [2.24, 2.45) is 0 Å². The van der Waals surface area contributed by atoms with Gasteiger partial charge in [-0.3, -0.25) is 4.79 Å². The molecule has 0 spiro atoms. The predicted molar refractivity (Wildman–Crippen MR) is 94.4 cm³/mol. The van der Waals surface area contributed by atoms with E-state index in [9.17, 15) is 23.1 Å². The Kier molecular flexibility index (Phi) is 5.74. The van der Waals surface area contributed by atoms with Crippen molar-refractivity contribution in [1.82, 2.24) is 10.0 Å². The number of rotatable bonds is 5. The van der Waals surface area contributed by atoms with Gasteiger partial charge in [0.1, 0.15) is 5.54 Å². The topological polar surface area (TPSA) is 122 Å². The van der Waals surface area contributed by atoms with Crippen molar-refractivity contribution in [1.29, 1.82) is 0 Å². The van der Waals surface area contributed by atoms with Crippen LogP contribution in [0.25, 0.3) is 0 Å². The minimum atomic E-state index is -3.71. The number of hydrogen-bond acceptors (Lipinski definition) is 5. The van der Waals surface area contributed by atoms with Gasteiger partial charge in [0.15, 0.2) is 0 Å². The number of carboxylic acids is 1. The minimum Gasteiger partial charge on any atom is -0.480 e. The first kappa shape index (κ1) is 20.3. The van der Waals surface area contributed by atoms with E-state index in [-0.39, 0.29) is 36.5 Å². The molecular formula is C17H24N2O6S. The Morgan fingerprint density at radius 1 is 1.12 bits per heavy atom. The summed E-state index contributed by atoms with van der Waals surface area (Å²) in [5.41, 5.74) is -1.81. The maximum atomic E-state index is 12.4. The van der Waals surface area contributed by atoms with Crippen molar-refractivity contribution in [2.75, 3.05) is 13.2 Å². The van der Waals surface area contributed by atoms with Gasteiger partial charge in [-0.1, -0.05) is 0 Å². The number of ether oxygens (including phenoxy) is 1. The zero-order chi connectivity index (χ0) is 19.6. The van der Waals surface area contributed by atoms with E-state index in [1.54, 1.807) is 20.8 Å². The Morgan fingerprint density at radius 3 is 2.12 bits per heavy atom. The highest BCUT2D eigenvalue weighted by Crippen LogP contribution is 2.22. The van der Waals surface area contributed by atoms with Crippen LogP contribution >= 0.6 is 0 Å². The number of amides is 1. The molecule has 1 aromatic carbocycles. The van der Waals surface area contributed by atoms with E-state index in [0.29, 0.717) is 0 Å². The fourth-order valence-electron chi connectivity index (χ4n) is 2.65. The second-order valence-electron chi connectivity index (χ2n) is 7.33. The molecule has 2 rings (SSSR count). The van der Waals surface area contributed by atoms with E-state index in [1.165, 1.54) is 24.3 Å². The van der Waals surface area contributed by atoms with E-state index in [4.69, 9.17) is 4.74 Å². The van der Waals surface area contributed by atoms with Crippen molar-refractivity contribution in [3.8, 4) is 0 Å². The smallest absolute Gasteiger partial charge is 0.329 e. The highest BCUT2D eigenvalue weighted by Gasteiger charge is 2.41. The van der Waals surface area contributed by atoms with Crippen LogP contribution in [0.1, 0.15) is 44.0 Å². The number of aliphatic carboxylic acids is 1. The molecule has 1 heterocycles. The van der Waals surface area contributed by atoms with Gasteiger partial charge in [-0.05, 0) is 45.0 Å². The van der Waals surface area contributed by atoms with Crippen LogP contribution in [-0.4, -0.2) is 49.7 Å². The second kappa shape index (κ2) is 7.34. The van der Waals surface area contributed by atoms with Crippen LogP contribution in [0, 0.1) is 0 Å². The average Bonchev–Trinajstić information content (AvgIpc) is 2.53. The van der Waals surface area contributed by atoms with Gasteiger partial charge in [0.25, 0.3) is 5.91 Å². The van der Waals surface area contributed by atoms with E-state index in [1.807, 2.05) is 0 Å². The summed E-state index contributed by atoms with van der Waals surface area (Å²) >= 11 is 0. The average molecular weight is 384 g/mol. The van der Waals surface area contributed by atoms with Gasteiger partial charge >= 0.3 is 5.97 Å². The maximum absolute atomic E-state index is 12.4. The molecule has 1 aliphatic heterocycles. The molecule has 1 saturated heterocycles. The van der Waals surface area contributed by atoms with Crippen molar-refractivity contribution < 1.29 is 27.9 Å². The number of benzene rings is 1. The van der Waals surface area contributed by atoms with Crippen LogP contribution in [0.15, 0.2) is 29.2 Å². The SMILES string of the molecule is CC(C)(C)NS(=O)(=O)c1ccc(C(=O)NC2(C(=O)O)CCOCC2)cc1. The lowest BCUT2D eigenvalue weighted by atomic mass is 9.89. The first-order valence-electron chi connectivity index (χ1n) is 8.23. The number of carboxylic acid groups (broad SMARTS) is 1. The molecule has 0 aromatic heterocycles. The van der Waals surface area contributed by atoms with Crippen LogP contribution in [0.4, 0.5) is 0 Å². The lowest BCUT2D eigenvalue weighted by molar-refractivity contribution is -0.148. The quantitative estimate of drug-likeness (QED) is 0.699. The van der Waals surface area contributed by atoms with Crippen LogP contribution in [0.5, 0.6) is 0 Å². The zero-order valence-corrected chi connectivity index (χ0v) is 15.9. The third-order valence-electron chi connectivity index (χ3n) is 3.98. The first-order valence-corrected chi connectivity index (χ1v) is 9.71. The molecular weight excluding hydrogens is 360 g/mol. The fourth-order valence-corrected chi connectivity index (χ4v) is 4.07. The molecule has 0 bridgehead atoms. The standard InChI is InChI=1S/C17H24N2O6S/c1-16(2,3)19-26(23,24)13-6-4-12(5-7-13)14(20)18-17(15(21)22)8-10-25-11-9-17/h4-7,19H,8-11H2,1-3H3,(H,18,20)(H,21,22). The number of sulfonamides is 1. The largest absolute Gasteiger partial charge is 0.480 e. The Bertz CT molecular complexity index is 774. The summed E-state index contributed by atoms with van der Waals surface area (Å²) in [6.45, 7) is 5.69. The highest BCUT2D eigenvalue weighted by atomic mass is 32.2. The van der Waals surface area contributed by atoms with E-state index >= 15 is 0 Å². The summed E-state index contributed by atoms with van der Waals surface area (Å²) in [5, 5.41) is 12.0. The first-order chi connectivity index (χ1) is 12.0. The Balaban J connectivity index is 2.17. The lowest BCUT2D eigenvalue weighted by Crippen LogP contribution is -2.57. The summed E-state index contributed by atoms with van der Waals surface area (Å²) in [6.07, 6.45) is 0.353. The van der Waals surface area contributed by atoms with E-state index in [0.717, 1.165) is 0 Å². The molecule has 0 radical (unpaired) electrons. The predicted octanol–water partition coefficient (Wildman–Crippen LogP) is 1.13. The molecule has 144 valence electrons. The minimum absolute atomic E-state index is 0.0305. The third kappa shape index (κ3) is 4.80. The molecule has 1 aromatic rings. The lowest BCUT2D eigenvalue weighted by Gasteiger charge is -2.33. The van der Waals surface area contributed by atoms with E-state index in [2.05, 4.69) is 10.0 Å². The van der Waals surface area contributed by atoms with Gasteiger partial charge in [-0.25, -0.2) is 17.9 Å². The summed E-state index contributed by atoms with van der Waals surface area (Å²) in [5.74, 6) is -1.68. The van der Waals surface area contributed by atoms with Gasteiger partial charge in [0, 0.05) is 37.2 Å². The van der Waals surface area contributed by atoms with Gasteiger partial charge in [-0.2, -0.15) is 0 Å². The van der Waals surface area contributed by atoms with Crippen molar-refractivity contribution in [3.05, 3.63) is 29.8 Å². The normalized spacial score (nSPS) is 17.5. The number of carbonyl (C=O) groups is 2. The highest BCUT2D eigenvalue weighted by molar-refractivity contribution is 7.89. The molecule has 0 atom stereocenters. The maximum Gasteiger partial charge on any atom is 0.329 e. The number of carbonyl (C=O) groups excluding carboxylic acids is 1. The van der Waals surface area contributed by atoms with Crippen molar-refractivity contribution in [2.45, 2.75) is 49.6 Å². The van der Waals surface area contributed by atoms with Crippen molar-refractivity contribution in [3.63, 3.8) is 0 Å². The summed E-state index contributed by atoms with van der Waals surface area (Å²) < 4.78 is 32.3. The van der Waals surface area contributed by atoms with Gasteiger partial charge in [-0.15, -0.1) is 0 Å². The molecule has 0 aliphatic carbocycles. The molecule has 1 fully saturated rings.